The summed E-state index contributed by atoms with van der Waals surface area (Å²) in [7, 11) is 0. The third-order valence-electron chi connectivity index (χ3n) is 2.07. The van der Waals surface area contributed by atoms with Gasteiger partial charge >= 0.3 is 0 Å². The Morgan fingerprint density at radius 1 is 1.14 bits per heavy atom. The molecule has 2 aromatic heterocycles. The Kier molecular flexibility index (Phi) is 1.61. The van der Waals surface area contributed by atoms with Gasteiger partial charge in [0.15, 0.2) is 5.58 Å². The first kappa shape index (κ1) is 7.70. The molecular formula is C10H6N2OS. The van der Waals surface area contributed by atoms with Crippen LogP contribution >= 0.6 is 11.3 Å². The van der Waals surface area contributed by atoms with E-state index in [9.17, 15) is 0 Å². The minimum atomic E-state index is 0.732. The van der Waals surface area contributed by atoms with Gasteiger partial charge < -0.3 is 4.52 Å². The number of benzene rings is 1. The summed E-state index contributed by atoms with van der Waals surface area (Å²) in [5.74, 6) is 0. The molecule has 68 valence electrons. The van der Waals surface area contributed by atoms with Crippen molar-refractivity contribution in [2.75, 3.05) is 0 Å². The van der Waals surface area contributed by atoms with E-state index < -0.39 is 0 Å². The molecule has 0 bridgehead atoms. The zero-order valence-electron chi connectivity index (χ0n) is 7.18. The first-order valence-electron chi connectivity index (χ1n) is 4.20. The molecule has 3 nitrogen and oxygen atoms in total. The SMILES string of the molecule is c1csc(-c2cccc3onnc23)c1. The number of thiophene rings is 1. The summed E-state index contributed by atoms with van der Waals surface area (Å²) in [5.41, 5.74) is 2.64. The largest absolute Gasteiger partial charge is 0.337 e. The predicted octanol–water partition coefficient (Wildman–Crippen LogP) is 2.95. The van der Waals surface area contributed by atoms with E-state index >= 15 is 0 Å². The molecule has 3 rings (SSSR count). The van der Waals surface area contributed by atoms with Crippen molar-refractivity contribution in [3.05, 3.63) is 35.7 Å². The maximum atomic E-state index is 5.00. The van der Waals surface area contributed by atoms with Crippen LogP contribution in [0.5, 0.6) is 0 Å². The molecule has 1 aromatic carbocycles. The Labute approximate surface area is 84.0 Å². The monoisotopic (exact) mass is 202 g/mol. The molecule has 0 atom stereocenters. The summed E-state index contributed by atoms with van der Waals surface area (Å²) in [6, 6.07) is 9.93. The predicted molar refractivity (Wildman–Crippen MR) is 55.1 cm³/mol. The van der Waals surface area contributed by atoms with Crippen LogP contribution in [0.1, 0.15) is 0 Å². The second kappa shape index (κ2) is 2.92. The lowest BCUT2D eigenvalue weighted by molar-refractivity contribution is 0.424. The molecule has 0 radical (unpaired) electrons. The zero-order chi connectivity index (χ0) is 9.38. The van der Waals surface area contributed by atoms with Crippen LogP contribution in [-0.4, -0.2) is 10.4 Å². The molecular weight excluding hydrogens is 196 g/mol. The Morgan fingerprint density at radius 3 is 3.00 bits per heavy atom. The topological polar surface area (TPSA) is 38.9 Å². The van der Waals surface area contributed by atoms with E-state index in [1.54, 1.807) is 11.3 Å². The minimum Gasteiger partial charge on any atom is -0.337 e. The molecule has 0 aliphatic heterocycles. The van der Waals surface area contributed by atoms with Gasteiger partial charge in [0.2, 0.25) is 0 Å². The summed E-state index contributed by atoms with van der Waals surface area (Å²) in [4.78, 5) is 1.19. The first-order chi connectivity index (χ1) is 6.95. The van der Waals surface area contributed by atoms with Crippen molar-refractivity contribution in [3.63, 3.8) is 0 Å². The molecule has 0 fully saturated rings. The first-order valence-corrected chi connectivity index (χ1v) is 5.08. The lowest BCUT2D eigenvalue weighted by atomic mass is 10.1. The summed E-state index contributed by atoms with van der Waals surface area (Å²) in [6.45, 7) is 0. The fourth-order valence-corrected chi connectivity index (χ4v) is 2.19. The Bertz CT molecular complexity index is 556. The van der Waals surface area contributed by atoms with Crippen LogP contribution in [0.4, 0.5) is 0 Å². The highest BCUT2D eigenvalue weighted by Gasteiger charge is 2.08. The number of hydrogen-bond donors (Lipinski definition) is 0. The van der Waals surface area contributed by atoms with E-state index in [0.29, 0.717) is 0 Å². The van der Waals surface area contributed by atoms with Gasteiger partial charge in [-0.2, -0.15) is 0 Å². The van der Waals surface area contributed by atoms with Crippen molar-refractivity contribution in [1.29, 1.82) is 0 Å². The van der Waals surface area contributed by atoms with Crippen LogP contribution in [0, 0.1) is 0 Å². The average Bonchev–Trinajstić information content (AvgIpc) is 2.88. The van der Waals surface area contributed by atoms with E-state index in [-0.39, 0.29) is 0 Å². The van der Waals surface area contributed by atoms with E-state index in [4.69, 9.17) is 4.52 Å². The molecule has 4 heteroatoms. The van der Waals surface area contributed by atoms with Gasteiger partial charge in [-0.05, 0) is 17.5 Å². The molecule has 14 heavy (non-hydrogen) atoms. The average molecular weight is 202 g/mol. The number of fused-ring (bicyclic) bond motifs is 1. The van der Waals surface area contributed by atoms with Gasteiger partial charge in [0, 0.05) is 15.7 Å². The molecule has 0 aliphatic rings. The smallest absolute Gasteiger partial charge is 0.188 e. The van der Waals surface area contributed by atoms with Gasteiger partial charge in [-0.25, -0.2) is 0 Å². The maximum absolute atomic E-state index is 5.00. The standard InChI is InChI=1S/C10H6N2OS/c1-3-7(9-5-2-6-14-9)10-8(4-1)13-12-11-10/h1-6H. The minimum absolute atomic E-state index is 0.732. The van der Waals surface area contributed by atoms with Crippen molar-refractivity contribution in [3.8, 4) is 10.4 Å². The fraction of sp³-hybridized carbons (Fsp3) is 0. The van der Waals surface area contributed by atoms with Crippen LogP contribution < -0.4 is 0 Å². The summed E-state index contributed by atoms with van der Waals surface area (Å²) in [6.07, 6.45) is 0. The van der Waals surface area contributed by atoms with Crippen LogP contribution in [0.2, 0.25) is 0 Å². The Morgan fingerprint density at radius 2 is 2.14 bits per heavy atom. The highest BCUT2D eigenvalue weighted by atomic mass is 32.1. The third kappa shape index (κ3) is 1.04. The zero-order valence-corrected chi connectivity index (χ0v) is 7.99. The molecule has 0 unspecified atom stereocenters. The van der Waals surface area contributed by atoms with Gasteiger partial charge in [-0.3, -0.25) is 0 Å². The van der Waals surface area contributed by atoms with Crippen molar-refractivity contribution in [2.24, 2.45) is 0 Å². The second-order valence-corrected chi connectivity index (χ2v) is 3.85. The van der Waals surface area contributed by atoms with Crippen LogP contribution in [0.3, 0.4) is 0 Å². The molecule has 3 aromatic rings. The molecule has 0 aliphatic carbocycles. The molecule has 0 saturated carbocycles. The van der Waals surface area contributed by atoms with E-state index in [1.807, 2.05) is 29.6 Å². The fourth-order valence-electron chi connectivity index (χ4n) is 1.44. The Hall–Kier alpha value is -1.68. The van der Waals surface area contributed by atoms with E-state index in [1.165, 1.54) is 4.88 Å². The molecule has 2 heterocycles. The number of hydrogen-bond acceptors (Lipinski definition) is 4. The maximum Gasteiger partial charge on any atom is 0.188 e. The molecule has 0 saturated heterocycles. The van der Waals surface area contributed by atoms with Crippen molar-refractivity contribution < 1.29 is 4.52 Å². The molecule has 0 N–H and O–H groups in total. The number of aromatic nitrogens is 2. The van der Waals surface area contributed by atoms with Crippen molar-refractivity contribution in [1.82, 2.24) is 10.4 Å². The normalized spacial score (nSPS) is 10.9. The van der Waals surface area contributed by atoms with E-state index in [2.05, 4.69) is 16.4 Å². The summed E-state index contributed by atoms with van der Waals surface area (Å²) < 4.78 is 5.00. The van der Waals surface area contributed by atoms with E-state index in [0.717, 1.165) is 16.7 Å². The highest BCUT2D eigenvalue weighted by Crippen LogP contribution is 2.29. The summed E-state index contributed by atoms with van der Waals surface area (Å²) in [5, 5.41) is 9.56. The lowest BCUT2D eigenvalue weighted by Gasteiger charge is -1.95. The number of nitrogens with zero attached hydrogens (tertiary/aromatic N) is 2. The van der Waals surface area contributed by atoms with Gasteiger partial charge in [0.25, 0.3) is 0 Å². The van der Waals surface area contributed by atoms with Crippen LogP contribution in [-0.2, 0) is 0 Å². The second-order valence-electron chi connectivity index (χ2n) is 2.90. The van der Waals surface area contributed by atoms with Crippen LogP contribution in [0.15, 0.2) is 40.2 Å². The number of rotatable bonds is 1. The third-order valence-corrected chi connectivity index (χ3v) is 2.97. The summed E-state index contributed by atoms with van der Waals surface area (Å²) >= 11 is 1.68. The molecule has 0 spiro atoms. The van der Waals surface area contributed by atoms with Gasteiger partial charge in [0.1, 0.15) is 5.52 Å². The highest BCUT2D eigenvalue weighted by molar-refractivity contribution is 7.13. The van der Waals surface area contributed by atoms with Gasteiger partial charge in [-0.15, -0.1) is 16.4 Å². The molecule has 0 amide bonds. The van der Waals surface area contributed by atoms with Crippen LogP contribution in [0.25, 0.3) is 21.5 Å². The van der Waals surface area contributed by atoms with Gasteiger partial charge in [0.05, 0.1) is 0 Å². The quantitative estimate of drug-likeness (QED) is 0.609. The van der Waals surface area contributed by atoms with Gasteiger partial charge in [-0.1, -0.05) is 18.2 Å². The Balaban J connectivity index is 2.36. The van der Waals surface area contributed by atoms with Crippen molar-refractivity contribution in [2.45, 2.75) is 0 Å². The van der Waals surface area contributed by atoms with Crippen molar-refractivity contribution >= 4 is 22.4 Å². The lowest BCUT2D eigenvalue weighted by Crippen LogP contribution is -1.75.